The lowest BCUT2D eigenvalue weighted by Crippen LogP contribution is -2.31. The normalized spacial score (nSPS) is 10.1. The molecule has 7 heteroatoms. The number of carboxylic acid groups (broad SMARTS) is 1. The van der Waals surface area contributed by atoms with Crippen LogP contribution in [0.25, 0.3) is 0 Å². The summed E-state index contributed by atoms with van der Waals surface area (Å²) in [6.45, 7) is 5.54. The highest BCUT2D eigenvalue weighted by Gasteiger charge is 2.13. The van der Waals surface area contributed by atoms with Gasteiger partial charge in [-0.1, -0.05) is 0 Å². The standard InChI is InChI=1S/C13H20N4O3/c1-3-17(4-2)10(18)6-8-16-12-11(14)9(13(19)20)5-7-15-12/h5,7H,3-4,6,8,14H2,1-2H3,(H,15,16)(H,19,20). The van der Waals surface area contributed by atoms with E-state index in [0.29, 0.717) is 26.1 Å². The molecule has 0 unspecified atom stereocenters. The number of carboxylic acids is 1. The van der Waals surface area contributed by atoms with Gasteiger partial charge in [-0.25, -0.2) is 9.78 Å². The van der Waals surface area contributed by atoms with Gasteiger partial charge >= 0.3 is 5.97 Å². The number of nitrogens with two attached hydrogens (primary N) is 1. The smallest absolute Gasteiger partial charge is 0.337 e. The molecule has 0 spiro atoms. The molecule has 1 rings (SSSR count). The van der Waals surface area contributed by atoms with Gasteiger partial charge in [0.05, 0.1) is 11.3 Å². The number of amides is 1. The maximum absolute atomic E-state index is 11.8. The molecular weight excluding hydrogens is 260 g/mol. The van der Waals surface area contributed by atoms with Crippen molar-refractivity contribution in [3.05, 3.63) is 17.8 Å². The molecule has 0 saturated heterocycles. The number of hydrogen-bond acceptors (Lipinski definition) is 5. The maximum Gasteiger partial charge on any atom is 0.337 e. The Morgan fingerprint density at radius 1 is 1.40 bits per heavy atom. The average Bonchev–Trinajstić information content (AvgIpc) is 2.41. The van der Waals surface area contributed by atoms with Crippen LogP contribution in [0.5, 0.6) is 0 Å². The highest BCUT2D eigenvalue weighted by atomic mass is 16.4. The number of aromatic carboxylic acids is 1. The van der Waals surface area contributed by atoms with E-state index in [2.05, 4.69) is 10.3 Å². The molecule has 0 fully saturated rings. The molecule has 1 aromatic rings. The highest BCUT2D eigenvalue weighted by molar-refractivity contribution is 5.96. The van der Waals surface area contributed by atoms with E-state index >= 15 is 0 Å². The van der Waals surface area contributed by atoms with Gasteiger partial charge in [0.2, 0.25) is 5.91 Å². The van der Waals surface area contributed by atoms with Gasteiger partial charge in [0.1, 0.15) is 5.82 Å². The Balaban J connectivity index is 2.61. The summed E-state index contributed by atoms with van der Waals surface area (Å²) in [4.78, 5) is 28.4. The Morgan fingerprint density at radius 2 is 2.05 bits per heavy atom. The van der Waals surface area contributed by atoms with Crippen molar-refractivity contribution in [1.82, 2.24) is 9.88 Å². The fourth-order valence-corrected chi connectivity index (χ4v) is 1.82. The third kappa shape index (κ3) is 3.84. The van der Waals surface area contributed by atoms with Crippen LogP contribution in [0.3, 0.4) is 0 Å². The number of nitrogens with one attached hydrogen (secondary N) is 1. The summed E-state index contributed by atoms with van der Waals surface area (Å²) in [5, 5.41) is 11.8. The molecule has 7 nitrogen and oxygen atoms in total. The zero-order valence-corrected chi connectivity index (χ0v) is 11.7. The van der Waals surface area contributed by atoms with Crippen LogP contribution in [0.1, 0.15) is 30.6 Å². The van der Waals surface area contributed by atoms with E-state index in [0.717, 1.165) is 0 Å². The van der Waals surface area contributed by atoms with E-state index in [1.54, 1.807) is 4.90 Å². The summed E-state index contributed by atoms with van der Waals surface area (Å²) in [6.07, 6.45) is 1.68. The van der Waals surface area contributed by atoms with Crippen molar-refractivity contribution >= 4 is 23.4 Å². The molecule has 1 aromatic heterocycles. The number of rotatable bonds is 7. The first-order chi connectivity index (χ1) is 9.51. The number of hydrogen-bond donors (Lipinski definition) is 3. The number of pyridine rings is 1. The number of carbonyl (C=O) groups excluding carboxylic acids is 1. The van der Waals surface area contributed by atoms with Gasteiger partial charge in [-0.2, -0.15) is 0 Å². The van der Waals surface area contributed by atoms with Crippen LogP contribution < -0.4 is 11.1 Å². The summed E-state index contributed by atoms with van der Waals surface area (Å²) < 4.78 is 0. The Bertz CT molecular complexity index is 487. The first-order valence-corrected chi connectivity index (χ1v) is 6.50. The van der Waals surface area contributed by atoms with Gasteiger partial charge in [-0.15, -0.1) is 0 Å². The summed E-state index contributed by atoms with van der Waals surface area (Å²) in [6, 6.07) is 1.34. The average molecular weight is 280 g/mol. The van der Waals surface area contributed by atoms with E-state index in [4.69, 9.17) is 10.8 Å². The van der Waals surface area contributed by atoms with Crippen molar-refractivity contribution in [1.29, 1.82) is 0 Å². The van der Waals surface area contributed by atoms with E-state index < -0.39 is 5.97 Å². The van der Waals surface area contributed by atoms with Crippen LogP contribution in [0, 0.1) is 0 Å². The quantitative estimate of drug-likeness (QED) is 0.688. The molecule has 0 saturated carbocycles. The third-order valence-corrected chi connectivity index (χ3v) is 2.97. The van der Waals surface area contributed by atoms with Crippen LogP contribution in [0.4, 0.5) is 11.5 Å². The van der Waals surface area contributed by atoms with Gasteiger partial charge in [0, 0.05) is 32.3 Å². The fraction of sp³-hybridized carbons (Fsp3) is 0.462. The molecule has 20 heavy (non-hydrogen) atoms. The highest BCUT2D eigenvalue weighted by Crippen LogP contribution is 2.19. The maximum atomic E-state index is 11.8. The fourth-order valence-electron chi connectivity index (χ4n) is 1.82. The van der Waals surface area contributed by atoms with Gasteiger partial charge in [-0.05, 0) is 19.9 Å². The molecule has 0 aliphatic heterocycles. The zero-order chi connectivity index (χ0) is 15.1. The number of carbonyl (C=O) groups is 2. The SMILES string of the molecule is CCN(CC)C(=O)CCNc1nccc(C(=O)O)c1N. The first kappa shape index (κ1) is 15.7. The van der Waals surface area contributed by atoms with Crippen molar-refractivity contribution in [3.8, 4) is 0 Å². The summed E-state index contributed by atoms with van der Waals surface area (Å²) in [5.41, 5.74) is 5.79. The number of nitrogens with zero attached hydrogens (tertiary/aromatic N) is 2. The zero-order valence-electron chi connectivity index (χ0n) is 11.7. The molecule has 110 valence electrons. The number of nitrogen functional groups attached to an aromatic ring is 1. The second-order valence-corrected chi connectivity index (χ2v) is 4.17. The predicted octanol–water partition coefficient (Wildman–Crippen LogP) is 1.03. The Hall–Kier alpha value is -2.31. The molecule has 4 N–H and O–H groups in total. The molecule has 0 bridgehead atoms. The topological polar surface area (TPSA) is 109 Å². The molecule has 1 amide bonds. The second kappa shape index (κ2) is 7.32. The van der Waals surface area contributed by atoms with Crippen molar-refractivity contribution in [2.75, 3.05) is 30.7 Å². The predicted molar refractivity (Wildman–Crippen MR) is 76.6 cm³/mol. The molecule has 0 atom stereocenters. The van der Waals surface area contributed by atoms with Crippen LogP contribution in [-0.2, 0) is 4.79 Å². The number of aromatic nitrogens is 1. The van der Waals surface area contributed by atoms with Crippen LogP contribution in [-0.4, -0.2) is 46.5 Å². The van der Waals surface area contributed by atoms with E-state index in [-0.39, 0.29) is 23.0 Å². The minimum absolute atomic E-state index is 0.00225. The molecule has 0 aliphatic carbocycles. The van der Waals surface area contributed by atoms with E-state index in [9.17, 15) is 9.59 Å². The lowest BCUT2D eigenvalue weighted by atomic mass is 10.2. The molecule has 0 radical (unpaired) electrons. The van der Waals surface area contributed by atoms with Crippen LogP contribution >= 0.6 is 0 Å². The second-order valence-electron chi connectivity index (χ2n) is 4.17. The minimum atomic E-state index is -1.10. The van der Waals surface area contributed by atoms with Crippen LogP contribution in [0.2, 0.25) is 0 Å². The Morgan fingerprint density at radius 3 is 2.60 bits per heavy atom. The lowest BCUT2D eigenvalue weighted by molar-refractivity contribution is -0.130. The number of anilines is 2. The Labute approximate surface area is 117 Å². The van der Waals surface area contributed by atoms with E-state index in [1.807, 2.05) is 13.8 Å². The summed E-state index contributed by atoms with van der Waals surface area (Å²) in [5.74, 6) is -0.778. The van der Waals surface area contributed by atoms with Crippen molar-refractivity contribution in [2.45, 2.75) is 20.3 Å². The molecule has 0 aromatic carbocycles. The Kier molecular flexibility index (Phi) is 5.76. The van der Waals surface area contributed by atoms with Gasteiger partial charge in [0.25, 0.3) is 0 Å². The van der Waals surface area contributed by atoms with Crippen molar-refractivity contribution in [3.63, 3.8) is 0 Å². The van der Waals surface area contributed by atoms with Gasteiger partial charge in [0.15, 0.2) is 0 Å². The van der Waals surface area contributed by atoms with E-state index in [1.165, 1.54) is 12.3 Å². The largest absolute Gasteiger partial charge is 0.478 e. The monoisotopic (exact) mass is 280 g/mol. The summed E-state index contributed by atoms with van der Waals surface area (Å²) in [7, 11) is 0. The molecule has 1 heterocycles. The summed E-state index contributed by atoms with van der Waals surface area (Å²) >= 11 is 0. The van der Waals surface area contributed by atoms with Crippen LogP contribution in [0.15, 0.2) is 12.3 Å². The van der Waals surface area contributed by atoms with Crippen molar-refractivity contribution in [2.24, 2.45) is 0 Å². The van der Waals surface area contributed by atoms with Gasteiger partial charge in [-0.3, -0.25) is 4.79 Å². The third-order valence-electron chi connectivity index (χ3n) is 2.97. The first-order valence-electron chi connectivity index (χ1n) is 6.50. The minimum Gasteiger partial charge on any atom is -0.478 e. The molecule has 0 aliphatic rings. The van der Waals surface area contributed by atoms with Crippen molar-refractivity contribution < 1.29 is 14.7 Å². The molecular formula is C13H20N4O3. The lowest BCUT2D eigenvalue weighted by Gasteiger charge is -2.18. The van der Waals surface area contributed by atoms with Gasteiger partial charge < -0.3 is 21.1 Å².